The number of nitrogens with zero attached hydrogens (tertiary/aromatic N) is 1. The zero-order valence-electron chi connectivity index (χ0n) is 18.0. The van der Waals surface area contributed by atoms with Crippen LogP contribution in [0, 0.1) is 0 Å². The van der Waals surface area contributed by atoms with Gasteiger partial charge in [0.2, 0.25) is 0 Å². The normalized spacial score (nSPS) is 19.0. The zero-order chi connectivity index (χ0) is 22.4. The Morgan fingerprint density at radius 3 is 2.68 bits per heavy atom. The van der Waals surface area contributed by atoms with E-state index in [1.165, 1.54) is 6.08 Å². The van der Waals surface area contributed by atoms with Crippen LogP contribution >= 0.6 is 18.2 Å². The minimum Gasteiger partial charge on any atom is -0.301 e. The highest BCUT2D eigenvalue weighted by Gasteiger charge is 2.38. The molecule has 0 spiro atoms. The lowest BCUT2D eigenvalue weighted by molar-refractivity contribution is 0.0826. The van der Waals surface area contributed by atoms with E-state index in [1.54, 1.807) is 13.0 Å². The molecule has 2 aromatic rings. The molecule has 0 bridgehead atoms. The molecule has 9 heteroatoms. The third-order valence-electron chi connectivity index (χ3n) is 4.70. The van der Waals surface area contributed by atoms with Gasteiger partial charge in [-0.25, -0.2) is 9.55 Å². The first-order valence-electron chi connectivity index (χ1n) is 10.5. The van der Waals surface area contributed by atoms with Crippen molar-refractivity contribution >= 4 is 50.6 Å². The van der Waals surface area contributed by atoms with Gasteiger partial charge in [0, 0.05) is 22.5 Å². The van der Waals surface area contributed by atoms with Crippen molar-refractivity contribution in [2.75, 3.05) is 18.1 Å². The summed E-state index contributed by atoms with van der Waals surface area (Å²) in [6.07, 6.45) is 2.93. The van der Waals surface area contributed by atoms with E-state index in [0.29, 0.717) is 27.7 Å². The maximum Gasteiger partial charge on any atom is 0.390 e. The summed E-state index contributed by atoms with van der Waals surface area (Å²) in [4.78, 5) is 18.4. The van der Waals surface area contributed by atoms with Gasteiger partial charge in [0.05, 0.1) is 33.5 Å². The molecule has 6 nitrogen and oxygen atoms in total. The number of benzene rings is 1. The number of hydrogen-bond donors (Lipinski definition) is 0. The molecule has 1 aromatic heterocycles. The molecule has 0 fully saturated rings. The molecular formula is C22H28NO5PS2. The number of hydrogen-bond acceptors (Lipinski definition) is 7. The highest BCUT2D eigenvalue weighted by atomic mass is 32.7. The van der Waals surface area contributed by atoms with Gasteiger partial charge < -0.3 is 4.52 Å². The molecule has 1 heterocycles. The van der Waals surface area contributed by atoms with Crippen molar-refractivity contribution in [2.24, 2.45) is 0 Å². The molecule has 0 saturated carbocycles. The smallest absolute Gasteiger partial charge is 0.301 e. The average molecular weight is 482 g/mol. The van der Waals surface area contributed by atoms with Crippen LogP contribution in [0.1, 0.15) is 56.1 Å². The van der Waals surface area contributed by atoms with E-state index >= 15 is 0 Å². The molecule has 0 radical (unpaired) electrons. The Morgan fingerprint density at radius 1 is 1.19 bits per heavy atom. The van der Waals surface area contributed by atoms with Crippen LogP contribution < -0.4 is 0 Å². The van der Waals surface area contributed by atoms with Crippen LogP contribution in [0.5, 0.6) is 0 Å². The Labute approximate surface area is 189 Å². The lowest BCUT2D eigenvalue weighted by Gasteiger charge is -2.26. The first kappa shape index (κ1) is 24.3. The lowest BCUT2D eigenvalue weighted by atomic mass is 9.96. The summed E-state index contributed by atoms with van der Waals surface area (Å²) in [5, 5.41) is 0.807. The Hall–Kier alpha value is -1.31. The van der Waals surface area contributed by atoms with E-state index in [2.05, 4.69) is 4.98 Å². The molecule has 31 heavy (non-hydrogen) atoms. The Bertz CT molecular complexity index is 1060. The first-order chi connectivity index (χ1) is 14.9. The third kappa shape index (κ3) is 5.74. The number of para-hydroxylation sites is 1. The number of aromatic nitrogens is 1. The van der Waals surface area contributed by atoms with Crippen LogP contribution in [0.2, 0.25) is 0 Å². The number of pyridine rings is 1. The molecule has 3 rings (SSSR count). The van der Waals surface area contributed by atoms with Crippen LogP contribution in [0.15, 0.2) is 36.4 Å². The Kier molecular flexibility index (Phi) is 8.65. The predicted molar refractivity (Wildman–Crippen MR) is 129 cm³/mol. The molecule has 1 aliphatic carbocycles. The number of rotatable bonds is 11. The van der Waals surface area contributed by atoms with Gasteiger partial charge in [-0.3, -0.25) is 13.5 Å². The van der Waals surface area contributed by atoms with E-state index in [4.69, 9.17) is 9.05 Å². The fourth-order valence-corrected chi connectivity index (χ4v) is 8.10. The zero-order valence-corrected chi connectivity index (χ0v) is 20.6. The van der Waals surface area contributed by atoms with Gasteiger partial charge in [-0.05, 0) is 49.4 Å². The van der Waals surface area contributed by atoms with Crippen molar-refractivity contribution in [3.05, 3.63) is 47.7 Å². The summed E-state index contributed by atoms with van der Waals surface area (Å²) in [6, 6.07) is 9.23. The van der Waals surface area contributed by atoms with E-state index in [0.717, 1.165) is 41.5 Å². The molecule has 168 valence electrons. The molecule has 1 aliphatic rings. The number of carbonyl (C=O) groups is 1. The highest BCUT2D eigenvalue weighted by molar-refractivity contribution is 8.55. The number of carbonyl (C=O) groups excluding carboxylic acids is 1. The summed E-state index contributed by atoms with van der Waals surface area (Å²) in [6.45, 7) is 2.38. The number of Topliss-reactive ketones (excluding diaryl/α,β-unsaturated/α-hetero) is 1. The van der Waals surface area contributed by atoms with Crippen molar-refractivity contribution in [2.45, 2.75) is 46.1 Å². The average Bonchev–Trinajstić information content (AvgIpc) is 2.75. The van der Waals surface area contributed by atoms with Crippen LogP contribution in [0.25, 0.3) is 15.8 Å². The van der Waals surface area contributed by atoms with Gasteiger partial charge in [-0.1, -0.05) is 38.5 Å². The van der Waals surface area contributed by atoms with Crippen LogP contribution in [0.4, 0.5) is 0 Å². The second-order valence-corrected chi connectivity index (χ2v) is 12.8. The van der Waals surface area contributed by atoms with Gasteiger partial charge in [0.1, 0.15) is 0 Å². The summed E-state index contributed by atoms with van der Waals surface area (Å²) >= 11 is 1.11. The van der Waals surface area contributed by atoms with Crippen molar-refractivity contribution in [1.82, 2.24) is 4.98 Å². The molecule has 1 aromatic carbocycles. The maximum absolute atomic E-state index is 13.3. The predicted octanol–water partition coefficient (Wildman–Crippen LogP) is 5.99. The van der Waals surface area contributed by atoms with Crippen molar-refractivity contribution in [3.8, 4) is 0 Å². The standard InChI is InChI=1S/C22H28NO5PS2/c1-4-7-12-30-29(25,27-6-3)28-19-15-20(31(26)13-5-2)21-17(22(19)24)14-16-10-8-9-11-18(16)23-21/h8-11,14-15,19H,4-7,12-13H2,1-3H3. The van der Waals surface area contributed by atoms with E-state index in [9.17, 15) is 13.6 Å². The minimum atomic E-state index is -3.56. The van der Waals surface area contributed by atoms with Gasteiger partial charge in [-0.15, -0.1) is 0 Å². The summed E-state index contributed by atoms with van der Waals surface area (Å²) < 4.78 is 37.5. The van der Waals surface area contributed by atoms with Crippen molar-refractivity contribution in [3.63, 3.8) is 0 Å². The quantitative estimate of drug-likeness (QED) is 0.288. The molecular weight excluding hydrogens is 453 g/mol. The fraction of sp³-hybridized carbons (Fsp3) is 0.455. The molecule has 0 aliphatic heterocycles. The molecule has 3 atom stereocenters. The summed E-state index contributed by atoms with van der Waals surface area (Å²) in [5.74, 6) is 0.701. The number of unbranched alkanes of at least 4 members (excludes halogenated alkanes) is 1. The summed E-state index contributed by atoms with van der Waals surface area (Å²) in [7, 11) is -1.36. The van der Waals surface area contributed by atoms with Gasteiger partial charge >= 0.3 is 6.80 Å². The van der Waals surface area contributed by atoms with E-state index in [-0.39, 0.29) is 12.4 Å². The van der Waals surface area contributed by atoms with Crippen molar-refractivity contribution < 1.29 is 22.6 Å². The summed E-state index contributed by atoms with van der Waals surface area (Å²) in [5.41, 5.74) is 1.48. The number of ketones is 1. The lowest BCUT2D eigenvalue weighted by Crippen LogP contribution is -2.28. The van der Waals surface area contributed by atoms with Gasteiger partial charge in [0.15, 0.2) is 11.9 Å². The number of fused-ring (bicyclic) bond motifs is 2. The second-order valence-electron chi connectivity index (χ2n) is 7.10. The van der Waals surface area contributed by atoms with Crippen LogP contribution in [-0.2, 0) is 24.4 Å². The van der Waals surface area contributed by atoms with E-state index in [1.807, 2.05) is 38.1 Å². The van der Waals surface area contributed by atoms with Crippen LogP contribution in [0.3, 0.4) is 0 Å². The molecule has 0 amide bonds. The fourth-order valence-electron chi connectivity index (χ4n) is 3.21. The van der Waals surface area contributed by atoms with Crippen molar-refractivity contribution in [1.29, 1.82) is 0 Å². The SMILES string of the molecule is CCCCSP(=O)(OCC)OC1C=C(S(=O)CCC)c2nc3ccccc3cc2C1=O. The van der Waals surface area contributed by atoms with E-state index < -0.39 is 23.7 Å². The maximum atomic E-state index is 13.3. The Balaban J connectivity index is 2.03. The first-order valence-corrected chi connectivity index (χ1v) is 15.0. The minimum absolute atomic E-state index is 0.207. The van der Waals surface area contributed by atoms with Gasteiger partial charge in [-0.2, -0.15) is 0 Å². The van der Waals surface area contributed by atoms with Gasteiger partial charge in [0.25, 0.3) is 0 Å². The second kappa shape index (κ2) is 11.0. The molecule has 0 N–H and O–H groups in total. The van der Waals surface area contributed by atoms with Crippen LogP contribution in [-0.4, -0.2) is 39.2 Å². The Morgan fingerprint density at radius 2 is 1.97 bits per heavy atom. The highest BCUT2D eigenvalue weighted by Crippen LogP contribution is 2.62. The molecule has 0 saturated heterocycles. The third-order valence-corrected chi connectivity index (χ3v) is 10.2. The monoisotopic (exact) mass is 481 g/mol. The molecule has 3 unspecified atom stereocenters. The topological polar surface area (TPSA) is 82.6 Å². The largest absolute Gasteiger partial charge is 0.390 e.